The molecule has 0 aliphatic heterocycles. The fraction of sp³-hybridized carbons (Fsp3) is 0.167. The normalized spacial score (nSPS) is 12.8. The Morgan fingerprint density at radius 3 is 2.47 bits per heavy atom. The predicted molar refractivity (Wildman–Crippen MR) is 84.0 cm³/mol. The summed E-state index contributed by atoms with van der Waals surface area (Å²) in [6.07, 6.45) is 0. The molecule has 0 spiro atoms. The van der Waals surface area contributed by atoms with Crippen LogP contribution in [0.15, 0.2) is 28.7 Å². The second-order valence-corrected chi connectivity index (χ2v) is 7.50. The van der Waals surface area contributed by atoms with E-state index in [0.717, 1.165) is 19.9 Å². The minimum absolute atomic E-state index is 0.146. The Kier molecular flexibility index (Phi) is 4.59. The van der Waals surface area contributed by atoms with Crippen LogP contribution in [0.3, 0.4) is 0 Å². The number of alkyl halides is 1. The van der Waals surface area contributed by atoms with Gasteiger partial charge in [-0.25, -0.2) is 0 Å². The van der Waals surface area contributed by atoms with Crippen LogP contribution in [0.5, 0.6) is 0 Å². The third kappa shape index (κ3) is 3.07. The lowest BCUT2D eigenvalue weighted by molar-refractivity contribution is 1.22. The van der Waals surface area contributed by atoms with E-state index in [1.54, 1.807) is 11.3 Å². The zero-order chi connectivity index (χ0) is 12.6. The smallest absolute Gasteiger partial charge is 0.0960 e. The molecule has 0 fully saturated rings. The first-order valence-electron chi connectivity index (χ1n) is 4.84. The molecule has 0 radical (unpaired) electrons. The zero-order valence-electron chi connectivity index (χ0n) is 8.81. The lowest BCUT2D eigenvalue weighted by Gasteiger charge is -2.09. The number of thiophene rings is 1. The van der Waals surface area contributed by atoms with Crippen molar-refractivity contribution in [3.63, 3.8) is 0 Å². The predicted octanol–water partition coefficient (Wildman–Crippen LogP) is 6.61. The summed E-state index contributed by atoms with van der Waals surface area (Å²) in [5.41, 5.74) is 2.27. The van der Waals surface area contributed by atoms with Crippen LogP contribution < -0.4 is 0 Å². The molecular weight excluding hydrogens is 407 g/mol. The summed E-state index contributed by atoms with van der Waals surface area (Å²) < 4.78 is 1.75. The van der Waals surface area contributed by atoms with Crippen LogP contribution in [-0.2, 0) is 0 Å². The Morgan fingerprint density at radius 1 is 1.24 bits per heavy atom. The van der Waals surface area contributed by atoms with Gasteiger partial charge in [-0.1, -0.05) is 45.2 Å². The SMILES string of the molecule is Cc1cc(C(Br)c2ccc(Cl)c(Br)c2)sc1Cl. The number of benzene rings is 1. The molecule has 2 rings (SSSR count). The quantitative estimate of drug-likeness (QED) is 0.485. The van der Waals surface area contributed by atoms with Gasteiger partial charge < -0.3 is 0 Å². The van der Waals surface area contributed by atoms with Gasteiger partial charge in [-0.3, -0.25) is 0 Å². The number of aryl methyl sites for hydroxylation is 1. The minimum atomic E-state index is 0.146. The van der Waals surface area contributed by atoms with Crippen molar-refractivity contribution in [3.8, 4) is 0 Å². The van der Waals surface area contributed by atoms with Crippen molar-refractivity contribution in [2.75, 3.05) is 0 Å². The fourth-order valence-corrected chi connectivity index (χ4v) is 3.88. The van der Waals surface area contributed by atoms with E-state index in [4.69, 9.17) is 23.2 Å². The Labute approximate surface area is 131 Å². The Balaban J connectivity index is 2.36. The highest BCUT2D eigenvalue weighted by molar-refractivity contribution is 9.10. The van der Waals surface area contributed by atoms with Crippen molar-refractivity contribution < 1.29 is 0 Å². The minimum Gasteiger partial charge on any atom is -0.127 e. The van der Waals surface area contributed by atoms with E-state index < -0.39 is 0 Å². The number of hydrogen-bond acceptors (Lipinski definition) is 1. The first kappa shape index (κ1) is 13.9. The Bertz CT molecular complexity index is 532. The van der Waals surface area contributed by atoms with Gasteiger partial charge in [0.05, 0.1) is 14.2 Å². The summed E-state index contributed by atoms with van der Waals surface area (Å²) in [6, 6.07) is 8.02. The summed E-state index contributed by atoms with van der Waals surface area (Å²) in [7, 11) is 0. The molecule has 2 aromatic rings. The molecule has 17 heavy (non-hydrogen) atoms. The Morgan fingerprint density at radius 2 is 1.94 bits per heavy atom. The zero-order valence-corrected chi connectivity index (χ0v) is 14.3. The molecule has 0 saturated carbocycles. The van der Waals surface area contributed by atoms with Crippen LogP contribution in [0.1, 0.15) is 20.8 Å². The molecule has 0 N–H and O–H groups in total. The third-order valence-electron chi connectivity index (χ3n) is 2.36. The highest BCUT2D eigenvalue weighted by Crippen LogP contribution is 2.40. The first-order valence-corrected chi connectivity index (χ1v) is 8.12. The van der Waals surface area contributed by atoms with Gasteiger partial charge in [-0.2, -0.15) is 0 Å². The number of halogens is 4. The van der Waals surface area contributed by atoms with E-state index in [1.807, 2.05) is 25.1 Å². The van der Waals surface area contributed by atoms with Gasteiger partial charge in [0.15, 0.2) is 0 Å². The molecule has 5 heteroatoms. The summed E-state index contributed by atoms with van der Waals surface area (Å²) in [5.74, 6) is 0. The van der Waals surface area contributed by atoms with Crippen LogP contribution in [-0.4, -0.2) is 0 Å². The van der Waals surface area contributed by atoms with Crippen molar-refractivity contribution in [1.82, 2.24) is 0 Å². The van der Waals surface area contributed by atoms with E-state index in [-0.39, 0.29) is 4.83 Å². The van der Waals surface area contributed by atoms with Crippen LogP contribution >= 0.6 is 66.4 Å². The summed E-state index contributed by atoms with van der Waals surface area (Å²) in [5, 5.41) is 0.717. The van der Waals surface area contributed by atoms with E-state index in [2.05, 4.69) is 37.9 Å². The average molecular weight is 415 g/mol. The molecule has 0 aliphatic carbocycles. The van der Waals surface area contributed by atoms with Crippen LogP contribution in [0.2, 0.25) is 9.36 Å². The van der Waals surface area contributed by atoms with Crippen LogP contribution in [0.25, 0.3) is 0 Å². The molecule has 0 saturated heterocycles. The summed E-state index contributed by atoms with van der Waals surface area (Å²) in [4.78, 5) is 1.34. The summed E-state index contributed by atoms with van der Waals surface area (Å²) in [6.45, 7) is 2.01. The van der Waals surface area contributed by atoms with E-state index in [1.165, 1.54) is 4.88 Å². The lowest BCUT2D eigenvalue weighted by atomic mass is 10.1. The fourth-order valence-electron chi connectivity index (χ4n) is 1.44. The molecule has 1 heterocycles. The highest BCUT2D eigenvalue weighted by atomic mass is 79.9. The lowest BCUT2D eigenvalue weighted by Crippen LogP contribution is -1.89. The van der Waals surface area contributed by atoms with E-state index >= 15 is 0 Å². The molecule has 1 unspecified atom stereocenters. The monoisotopic (exact) mass is 412 g/mol. The van der Waals surface area contributed by atoms with E-state index in [0.29, 0.717) is 5.02 Å². The number of hydrogen-bond donors (Lipinski definition) is 0. The van der Waals surface area contributed by atoms with Crippen LogP contribution in [0.4, 0.5) is 0 Å². The van der Waals surface area contributed by atoms with E-state index in [9.17, 15) is 0 Å². The summed E-state index contributed by atoms with van der Waals surface area (Å²) >= 11 is 20.8. The molecular formula is C12H8Br2Cl2S. The largest absolute Gasteiger partial charge is 0.127 e. The maximum Gasteiger partial charge on any atom is 0.0960 e. The molecule has 90 valence electrons. The van der Waals surface area contributed by atoms with Crippen molar-refractivity contribution in [3.05, 3.63) is 54.1 Å². The standard InChI is InChI=1S/C12H8Br2Cl2S/c1-6-4-10(17-12(6)16)11(14)7-2-3-9(15)8(13)5-7/h2-5,11H,1H3. The maximum atomic E-state index is 6.08. The Hall–Kier alpha value is 0.460. The average Bonchev–Trinajstić information content (AvgIpc) is 2.62. The van der Waals surface area contributed by atoms with Crippen LogP contribution in [0, 0.1) is 6.92 Å². The van der Waals surface area contributed by atoms with Gasteiger partial charge in [0, 0.05) is 9.35 Å². The van der Waals surface area contributed by atoms with Crippen molar-refractivity contribution in [1.29, 1.82) is 0 Å². The molecule has 0 bridgehead atoms. The molecule has 1 aromatic heterocycles. The molecule has 1 aromatic carbocycles. The van der Waals surface area contributed by atoms with Gasteiger partial charge in [0.25, 0.3) is 0 Å². The molecule has 0 nitrogen and oxygen atoms in total. The van der Waals surface area contributed by atoms with Gasteiger partial charge >= 0.3 is 0 Å². The molecule has 0 aliphatic rings. The molecule has 0 amide bonds. The topological polar surface area (TPSA) is 0 Å². The second kappa shape index (κ2) is 5.62. The van der Waals surface area contributed by atoms with Crippen molar-refractivity contribution >= 4 is 66.4 Å². The van der Waals surface area contributed by atoms with Gasteiger partial charge in [-0.05, 0) is 52.2 Å². The first-order chi connectivity index (χ1) is 7.99. The highest BCUT2D eigenvalue weighted by Gasteiger charge is 2.15. The third-order valence-corrected chi connectivity index (χ3v) is 6.52. The van der Waals surface area contributed by atoms with Gasteiger partial charge in [-0.15, -0.1) is 11.3 Å². The second-order valence-electron chi connectivity index (χ2n) is 3.64. The van der Waals surface area contributed by atoms with Crippen molar-refractivity contribution in [2.45, 2.75) is 11.8 Å². The van der Waals surface area contributed by atoms with Crippen molar-refractivity contribution in [2.24, 2.45) is 0 Å². The van der Waals surface area contributed by atoms with Gasteiger partial charge in [0.1, 0.15) is 0 Å². The number of rotatable bonds is 2. The maximum absolute atomic E-state index is 6.08. The van der Waals surface area contributed by atoms with Gasteiger partial charge in [0.2, 0.25) is 0 Å². The molecule has 1 atom stereocenters.